The van der Waals surface area contributed by atoms with Gasteiger partial charge in [-0.05, 0) is 31.2 Å². The lowest BCUT2D eigenvalue weighted by molar-refractivity contribution is -0.384. The SMILES string of the molecule is C[C@H](OC(=O)c1cc2cc([N+](=O)[O-])ccc2s1)C(=O)Nc1ccccc1F. The fourth-order valence-electron chi connectivity index (χ4n) is 2.31. The lowest BCUT2D eigenvalue weighted by Gasteiger charge is -2.13. The highest BCUT2D eigenvalue weighted by molar-refractivity contribution is 7.20. The van der Waals surface area contributed by atoms with Gasteiger partial charge in [0.05, 0.1) is 10.6 Å². The van der Waals surface area contributed by atoms with Crippen molar-refractivity contribution in [3.8, 4) is 0 Å². The van der Waals surface area contributed by atoms with E-state index in [1.807, 2.05) is 0 Å². The zero-order valence-electron chi connectivity index (χ0n) is 14.0. The minimum absolute atomic E-state index is 0.0143. The van der Waals surface area contributed by atoms with Gasteiger partial charge in [0.25, 0.3) is 11.6 Å². The number of ether oxygens (including phenoxy) is 1. The Balaban J connectivity index is 1.70. The lowest BCUT2D eigenvalue weighted by atomic mass is 10.2. The number of para-hydroxylation sites is 1. The average Bonchev–Trinajstić information content (AvgIpc) is 3.06. The molecule has 0 bridgehead atoms. The zero-order chi connectivity index (χ0) is 19.6. The Kier molecular flexibility index (Phi) is 5.13. The number of benzene rings is 2. The van der Waals surface area contributed by atoms with Crippen molar-refractivity contribution >= 4 is 44.7 Å². The summed E-state index contributed by atoms with van der Waals surface area (Å²) in [6, 6.07) is 11.4. The molecular formula is C18H13FN2O5S. The first-order valence-electron chi connectivity index (χ1n) is 7.79. The second-order valence-electron chi connectivity index (χ2n) is 5.61. The van der Waals surface area contributed by atoms with E-state index in [2.05, 4.69) is 5.32 Å². The Labute approximate surface area is 156 Å². The van der Waals surface area contributed by atoms with Gasteiger partial charge in [0.2, 0.25) is 0 Å². The van der Waals surface area contributed by atoms with Gasteiger partial charge in [0, 0.05) is 22.2 Å². The summed E-state index contributed by atoms with van der Waals surface area (Å²) in [6.07, 6.45) is -1.16. The Morgan fingerprint density at radius 3 is 2.67 bits per heavy atom. The number of carbonyl (C=O) groups excluding carboxylic acids is 2. The van der Waals surface area contributed by atoms with Crippen LogP contribution >= 0.6 is 11.3 Å². The summed E-state index contributed by atoms with van der Waals surface area (Å²) in [5.74, 6) is -2.02. The number of nitro benzene ring substituents is 1. The van der Waals surface area contributed by atoms with E-state index in [-0.39, 0.29) is 16.3 Å². The molecule has 1 aromatic heterocycles. The van der Waals surface area contributed by atoms with Crippen LogP contribution in [0.4, 0.5) is 15.8 Å². The summed E-state index contributed by atoms with van der Waals surface area (Å²) >= 11 is 1.10. The minimum atomic E-state index is -1.16. The lowest BCUT2D eigenvalue weighted by Crippen LogP contribution is -2.30. The molecule has 0 aliphatic heterocycles. The molecule has 1 atom stereocenters. The van der Waals surface area contributed by atoms with Crippen LogP contribution < -0.4 is 5.32 Å². The molecule has 27 heavy (non-hydrogen) atoms. The molecule has 3 aromatic rings. The molecule has 0 unspecified atom stereocenters. The molecule has 1 N–H and O–H groups in total. The third-order valence-corrected chi connectivity index (χ3v) is 4.79. The normalized spacial score (nSPS) is 11.8. The number of non-ortho nitro benzene ring substituents is 1. The predicted molar refractivity (Wildman–Crippen MR) is 98.4 cm³/mol. The maximum Gasteiger partial charge on any atom is 0.349 e. The zero-order valence-corrected chi connectivity index (χ0v) is 14.8. The van der Waals surface area contributed by atoms with E-state index in [1.165, 1.54) is 43.3 Å². The number of anilines is 1. The van der Waals surface area contributed by atoms with E-state index in [0.717, 1.165) is 11.3 Å². The first-order valence-corrected chi connectivity index (χ1v) is 8.61. The van der Waals surface area contributed by atoms with Gasteiger partial charge in [-0.3, -0.25) is 14.9 Å². The van der Waals surface area contributed by atoms with Gasteiger partial charge in [0.15, 0.2) is 6.10 Å². The molecular weight excluding hydrogens is 375 g/mol. The summed E-state index contributed by atoms with van der Waals surface area (Å²) in [5, 5.41) is 13.7. The number of nitrogens with zero attached hydrogens (tertiary/aromatic N) is 1. The van der Waals surface area contributed by atoms with Gasteiger partial charge in [-0.1, -0.05) is 12.1 Å². The van der Waals surface area contributed by atoms with Gasteiger partial charge >= 0.3 is 5.97 Å². The molecule has 0 saturated heterocycles. The fourth-order valence-corrected chi connectivity index (χ4v) is 3.24. The van der Waals surface area contributed by atoms with E-state index in [1.54, 1.807) is 12.1 Å². The highest BCUT2D eigenvalue weighted by Gasteiger charge is 2.21. The number of nitro groups is 1. The van der Waals surface area contributed by atoms with E-state index in [4.69, 9.17) is 4.74 Å². The van der Waals surface area contributed by atoms with Crippen LogP contribution in [0.2, 0.25) is 0 Å². The Hall–Kier alpha value is -3.33. The number of halogens is 1. The first kappa shape index (κ1) is 18.5. The molecule has 0 spiro atoms. The number of carbonyl (C=O) groups is 2. The van der Waals surface area contributed by atoms with Crippen molar-refractivity contribution in [2.45, 2.75) is 13.0 Å². The third kappa shape index (κ3) is 4.09. The molecule has 1 heterocycles. The summed E-state index contributed by atoms with van der Waals surface area (Å²) in [7, 11) is 0. The quantitative estimate of drug-likeness (QED) is 0.402. The monoisotopic (exact) mass is 388 g/mol. The number of thiophene rings is 1. The van der Waals surface area contributed by atoms with Crippen molar-refractivity contribution in [1.29, 1.82) is 0 Å². The second-order valence-corrected chi connectivity index (χ2v) is 6.69. The number of hydrogen-bond acceptors (Lipinski definition) is 6. The second kappa shape index (κ2) is 7.50. The summed E-state index contributed by atoms with van der Waals surface area (Å²) in [6.45, 7) is 1.37. The van der Waals surface area contributed by atoms with Crippen LogP contribution in [-0.2, 0) is 9.53 Å². The van der Waals surface area contributed by atoms with Gasteiger partial charge in [0.1, 0.15) is 10.7 Å². The van der Waals surface area contributed by atoms with Crippen LogP contribution in [-0.4, -0.2) is 22.9 Å². The molecule has 138 valence electrons. The Bertz CT molecular complexity index is 1050. The van der Waals surface area contributed by atoms with E-state index < -0.39 is 28.7 Å². The summed E-state index contributed by atoms with van der Waals surface area (Å²) in [5.41, 5.74) is -0.0996. The summed E-state index contributed by atoms with van der Waals surface area (Å²) < 4.78 is 19.4. The third-order valence-electron chi connectivity index (χ3n) is 3.70. The topological polar surface area (TPSA) is 98.5 Å². The van der Waals surface area contributed by atoms with Gasteiger partial charge < -0.3 is 10.1 Å². The maximum atomic E-state index is 13.6. The molecule has 0 aliphatic carbocycles. The van der Waals surface area contributed by atoms with E-state index in [9.17, 15) is 24.1 Å². The van der Waals surface area contributed by atoms with Crippen molar-refractivity contribution in [3.63, 3.8) is 0 Å². The maximum absolute atomic E-state index is 13.6. The molecule has 3 rings (SSSR count). The Morgan fingerprint density at radius 2 is 1.96 bits per heavy atom. The molecule has 2 aromatic carbocycles. The minimum Gasteiger partial charge on any atom is -0.448 e. The van der Waals surface area contributed by atoms with Crippen LogP contribution in [0.15, 0.2) is 48.5 Å². The molecule has 7 nitrogen and oxygen atoms in total. The van der Waals surface area contributed by atoms with Crippen molar-refractivity contribution in [3.05, 3.63) is 69.3 Å². The first-order chi connectivity index (χ1) is 12.8. The number of amides is 1. The van der Waals surface area contributed by atoms with Crippen molar-refractivity contribution in [2.75, 3.05) is 5.32 Å². The van der Waals surface area contributed by atoms with Crippen molar-refractivity contribution < 1.29 is 23.6 Å². The number of hydrogen-bond donors (Lipinski definition) is 1. The number of nitrogens with one attached hydrogen (secondary N) is 1. The standard InChI is InChI=1S/C18H13FN2O5S/c1-10(17(22)20-14-5-3-2-4-13(14)19)26-18(23)16-9-11-8-12(21(24)25)6-7-15(11)27-16/h2-10H,1H3,(H,20,22)/t10-/m0/s1. The van der Waals surface area contributed by atoms with Gasteiger partial charge in [-0.25, -0.2) is 9.18 Å². The van der Waals surface area contributed by atoms with E-state index in [0.29, 0.717) is 10.1 Å². The number of esters is 1. The molecule has 0 fully saturated rings. The molecule has 0 aliphatic rings. The highest BCUT2D eigenvalue weighted by atomic mass is 32.1. The van der Waals surface area contributed by atoms with Crippen LogP contribution in [0, 0.1) is 15.9 Å². The fraction of sp³-hybridized carbons (Fsp3) is 0.111. The molecule has 1 amide bonds. The van der Waals surface area contributed by atoms with Crippen LogP contribution in [0.3, 0.4) is 0 Å². The smallest absolute Gasteiger partial charge is 0.349 e. The Morgan fingerprint density at radius 1 is 1.22 bits per heavy atom. The van der Waals surface area contributed by atoms with Crippen LogP contribution in [0.1, 0.15) is 16.6 Å². The van der Waals surface area contributed by atoms with Crippen molar-refractivity contribution in [2.24, 2.45) is 0 Å². The van der Waals surface area contributed by atoms with Gasteiger partial charge in [-0.15, -0.1) is 11.3 Å². The summed E-state index contributed by atoms with van der Waals surface area (Å²) in [4.78, 5) is 34.9. The predicted octanol–water partition coefficient (Wildman–Crippen LogP) is 4.13. The van der Waals surface area contributed by atoms with Gasteiger partial charge in [-0.2, -0.15) is 0 Å². The van der Waals surface area contributed by atoms with Crippen LogP contribution in [0.25, 0.3) is 10.1 Å². The van der Waals surface area contributed by atoms with Crippen LogP contribution in [0.5, 0.6) is 0 Å². The molecule has 0 saturated carbocycles. The molecule has 9 heteroatoms. The largest absolute Gasteiger partial charge is 0.448 e. The van der Waals surface area contributed by atoms with Crippen molar-refractivity contribution in [1.82, 2.24) is 0 Å². The average molecular weight is 388 g/mol. The molecule has 0 radical (unpaired) electrons. The number of fused-ring (bicyclic) bond motifs is 1. The highest BCUT2D eigenvalue weighted by Crippen LogP contribution is 2.29. The van der Waals surface area contributed by atoms with E-state index >= 15 is 0 Å². The number of rotatable bonds is 5.